The zero-order chi connectivity index (χ0) is 25.4. The first-order valence-electron chi connectivity index (χ1n) is 11.3. The first kappa shape index (κ1) is 25.6. The third-order valence-electron chi connectivity index (χ3n) is 5.23. The molecule has 0 aliphatic carbocycles. The van der Waals surface area contributed by atoms with Crippen LogP contribution >= 0.6 is 0 Å². The van der Waals surface area contributed by atoms with E-state index in [-0.39, 0.29) is 23.6 Å². The maximum atomic E-state index is 12.6. The molecule has 184 valence electrons. The predicted molar refractivity (Wildman–Crippen MR) is 130 cm³/mol. The second-order valence-electron chi connectivity index (χ2n) is 7.78. The van der Waals surface area contributed by atoms with E-state index in [1.807, 2.05) is 37.3 Å². The molecule has 0 aliphatic heterocycles. The van der Waals surface area contributed by atoms with Gasteiger partial charge in [-0.25, -0.2) is 4.79 Å². The zero-order valence-corrected chi connectivity index (χ0v) is 20.3. The summed E-state index contributed by atoms with van der Waals surface area (Å²) in [6.45, 7) is 7.20. The fraction of sp³-hybridized carbons (Fsp3) is 0.296. The summed E-state index contributed by atoms with van der Waals surface area (Å²) in [6.07, 6.45) is 0. The van der Waals surface area contributed by atoms with Crippen LogP contribution in [0.25, 0.3) is 0 Å². The van der Waals surface area contributed by atoms with E-state index in [0.717, 1.165) is 5.75 Å². The van der Waals surface area contributed by atoms with Gasteiger partial charge < -0.3 is 23.9 Å². The summed E-state index contributed by atoms with van der Waals surface area (Å²) in [4.78, 5) is 39.9. The van der Waals surface area contributed by atoms with Gasteiger partial charge in [-0.2, -0.15) is 0 Å². The molecule has 2 aromatic carbocycles. The number of hydrogen-bond acceptors (Lipinski definition) is 7. The van der Waals surface area contributed by atoms with Crippen LogP contribution in [0, 0.1) is 13.8 Å². The number of ketones is 2. The Morgan fingerprint density at radius 1 is 0.886 bits per heavy atom. The highest BCUT2D eigenvalue weighted by Crippen LogP contribution is 2.29. The lowest BCUT2D eigenvalue weighted by molar-refractivity contribution is 0.0473. The fourth-order valence-corrected chi connectivity index (χ4v) is 3.69. The lowest BCUT2D eigenvalue weighted by Gasteiger charge is -2.13. The van der Waals surface area contributed by atoms with Gasteiger partial charge in [0.25, 0.3) is 0 Å². The number of carbonyl (C=O) groups is 3. The Kier molecular flexibility index (Phi) is 8.67. The van der Waals surface area contributed by atoms with Crippen LogP contribution < -0.4 is 14.2 Å². The van der Waals surface area contributed by atoms with Crippen molar-refractivity contribution >= 4 is 17.5 Å². The number of aryl methyl sites for hydroxylation is 1. The van der Waals surface area contributed by atoms with Crippen molar-refractivity contribution in [1.29, 1.82) is 0 Å². The fourth-order valence-electron chi connectivity index (χ4n) is 3.69. The second-order valence-corrected chi connectivity index (χ2v) is 7.78. The van der Waals surface area contributed by atoms with E-state index in [2.05, 4.69) is 4.98 Å². The first-order valence-corrected chi connectivity index (χ1v) is 11.3. The molecule has 8 nitrogen and oxygen atoms in total. The van der Waals surface area contributed by atoms with Crippen molar-refractivity contribution in [2.24, 2.45) is 0 Å². The number of aromatic nitrogens is 1. The number of para-hydroxylation sites is 1. The van der Waals surface area contributed by atoms with Crippen molar-refractivity contribution < 1.29 is 33.3 Å². The molecule has 0 amide bonds. The highest BCUT2D eigenvalue weighted by Gasteiger charge is 2.21. The maximum absolute atomic E-state index is 12.6. The summed E-state index contributed by atoms with van der Waals surface area (Å²) in [5, 5.41) is 0. The molecule has 3 aromatic rings. The molecule has 1 N–H and O–H groups in total. The SMILES string of the molecule is CCOc1cc(C(=O)OCC(=O)c2[nH]c(C)c(C(C)=O)c2C)ccc1OCCOc1ccccc1. The van der Waals surface area contributed by atoms with Crippen LogP contribution in [-0.4, -0.2) is 48.9 Å². The van der Waals surface area contributed by atoms with Crippen molar-refractivity contribution in [3.63, 3.8) is 0 Å². The van der Waals surface area contributed by atoms with Gasteiger partial charge in [-0.3, -0.25) is 9.59 Å². The summed E-state index contributed by atoms with van der Waals surface area (Å²) in [7, 11) is 0. The number of rotatable bonds is 12. The molecule has 0 saturated carbocycles. The van der Waals surface area contributed by atoms with Gasteiger partial charge in [0.15, 0.2) is 23.9 Å². The molecular weight excluding hydrogens is 450 g/mol. The highest BCUT2D eigenvalue weighted by atomic mass is 16.5. The third kappa shape index (κ3) is 6.50. The molecule has 0 aliphatic rings. The van der Waals surface area contributed by atoms with Gasteiger partial charge in [-0.1, -0.05) is 18.2 Å². The van der Waals surface area contributed by atoms with Crippen LogP contribution in [0.15, 0.2) is 48.5 Å². The minimum atomic E-state index is -0.675. The van der Waals surface area contributed by atoms with Gasteiger partial charge in [0.05, 0.1) is 17.9 Å². The normalized spacial score (nSPS) is 10.5. The van der Waals surface area contributed by atoms with Gasteiger partial charge in [0.1, 0.15) is 19.0 Å². The van der Waals surface area contributed by atoms with E-state index in [4.69, 9.17) is 18.9 Å². The predicted octanol–water partition coefficient (Wildman–Crippen LogP) is 4.73. The van der Waals surface area contributed by atoms with Gasteiger partial charge in [-0.05, 0) is 63.6 Å². The number of ether oxygens (including phenoxy) is 4. The number of nitrogens with one attached hydrogen (secondary N) is 1. The average molecular weight is 480 g/mol. The van der Waals surface area contributed by atoms with E-state index in [0.29, 0.717) is 41.5 Å². The number of hydrogen-bond donors (Lipinski definition) is 1. The van der Waals surface area contributed by atoms with Gasteiger partial charge in [0, 0.05) is 11.3 Å². The Morgan fingerprint density at radius 3 is 2.26 bits per heavy atom. The van der Waals surface area contributed by atoms with E-state index in [1.54, 1.807) is 26.0 Å². The van der Waals surface area contributed by atoms with Crippen LogP contribution in [0.3, 0.4) is 0 Å². The molecule has 0 radical (unpaired) electrons. The van der Waals surface area contributed by atoms with E-state index in [1.165, 1.54) is 13.0 Å². The maximum Gasteiger partial charge on any atom is 0.338 e. The van der Waals surface area contributed by atoms with Crippen LogP contribution in [0.1, 0.15) is 56.3 Å². The standard InChI is InChI=1S/C27H29NO7/c1-5-32-24-15-20(11-12-23(24)34-14-13-33-21-9-7-6-8-10-21)27(31)35-16-22(30)26-17(2)25(19(4)29)18(3)28-26/h6-12,15,28H,5,13-14,16H2,1-4H3. The summed E-state index contributed by atoms with van der Waals surface area (Å²) < 4.78 is 22.2. The van der Waals surface area contributed by atoms with E-state index in [9.17, 15) is 14.4 Å². The van der Waals surface area contributed by atoms with Crippen LogP contribution in [0.4, 0.5) is 0 Å². The number of H-pyrrole nitrogens is 1. The Labute approximate surface area is 204 Å². The monoisotopic (exact) mass is 479 g/mol. The smallest absolute Gasteiger partial charge is 0.338 e. The van der Waals surface area contributed by atoms with Crippen LogP contribution in [-0.2, 0) is 4.74 Å². The molecule has 8 heteroatoms. The minimum Gasteiger partial charge on any atom is -0.490 e. The van der Waals surface area contributed by atoms with E-state index < -0.39 is 18.4 Å². The Hall–Kier alpha value is -4.07. The number of esters is 1. The number of Topliss-reactive ketones (excluding diaryl/α,β-unsaturated/α-hetero) is 2. The Bertz CT molecular complexity index is 1200. The molecular formula is C27H29NO7. The minimum absolute atomic E-state index is 0.135. The number of aromatic amines is 1. The topological polar surface area (TPSA) is 104 Å². The molecule has 1 aromatic heterocycles. The largest absolute Gasteiger partial charge is 0.490 e. The van der Waals surface area contributed by atoms with Crippen molar-refractivity contribution in [2.45, 2.75) is 27.7 Å². The number of carbonyl (C=O) groups excluding carboxylic acids is 3. The lowest BCUT2D eigenvalue weighted by atomic mass is 10.1. The summed E-state index contributed by atoms with van der Waals surface area (Å²) in [5.74, 6) is 0.363. The van der Waals surface area contributed by atoms with Gasteiger partial charge in [0.2, 0.25) is 5.78 Å². The molecule has 3 rings (SSSR count). The van der Waals surface area contributed by atoms with Crippen molar-refractivity contribution in [3.05, 3.63) is 76.6 Å². The van der Waals surface area contributed by atoms with Crippen molar-refractivity contribution in [2.75, 3.05) is 26.4 Å². The van der Waals surface area contributed by atoms with Crippen molar-refractivity contribution in [3.8, 4) is 17.2 Å². The Morgan fingerprint density at radius 2 is 1.60 bits per heavy atom. The van der Waals surface area contributed by atoms with Gasteiger partial charge >= 0.3 is 5.97 Å². The molecule has 0 bridgehead atoms. The lowest BCUT2D eigenvalue weighted by Crippen LogP contribution is -2.16. The summed E-state index contributed by atoms with van der Waals surface area (Å²) >= 11 is 0. The average Bonchev–Trinajstić information content (AvgIpc) is 3.15. The summed E-state index contributed by atoms with van der Waals surface area (Å²) in [6, 6.07) is 14.1. The molecule has 35 heavy (non-hydrogen) atoms. The molecule has 0 fully saturated rings. The van der Waals surface area contributed by atoms with Crippen molar-refractivity contribution in [1.82, 2.24) is 4.98 Å². The van der Waals surface area contributed by atoms with Crippen LogP contribution in [0.5, 0.6) is 17.2 Å². The summed E-state index contributed by atoms with van der Waals surface area (Å²) in [5.41, 5.74) is 2.11. The number of benzene rings is 2. The molecule has 0 saturated heterocycles. The first-order chi connectivity index (χ1) is 16.8. The molecule has 0 unspecified atom stereocenters. The van der Waals surface area contributed by atoms with E-state index >= 15 is 0 Å². The zero-order valence-electron chi connectivity index (χ0n) is 20.3. The van der Waals surface area contributed by atoms with Crippen LogP contribution in [0.2, 0.25) is 0 Å². The molecule has 0 spiro atoms. The second kappa shape index (κ2) is 11.9. The van der Waals surface area contributed by atoms with Gasteiger partial charge in [-0.15, -0.1) is 0 Å². The Balaban J connectivity index is 1.60. The molecule has 0 atom stereocenters. The third-order valence-corrected chi connectivity index (χ3v) is 5.23. The highest BCUT2D eigenvalue weighted by molar-refractivity contribution is 6.04. The quantitative estimate of drug-likeness (QED) is 0.227. The molecule has 1 heterocycles.